The maximum atomic E-state index is 13.0. The van der Waals surface area contributed by atoms with Crippen molar-refractivity contribution in [2.24, 2.45) is 0 Å². The van der Waals surface area contributed by atoms with Crippen molar-refractivity contribution in [1.29, 1.82) is 0 Å². The Morgan fingerprint density at radius 2 is 1.69 bits per heavy atom. The van der Waals surface area contributed by atoms with E-state index in [1.54, 1.807) is 9.80 Å². The van der Waals surface area contributed by atoms with E-state index < -0.39 is 0 Å². The van der Waals surface area contributed by atoms with E-state index in [0.29, 0.717) is 25.4 Å². The molecule has 7 nitrogen and oxygen atoms in total. The summed E-state index contributed by atoms with van der Waals surface area (Å²) >= 11 is 1.51. The van der Waals surface area contributed by atoms with Crippen LogP contribution in [0.25, 0.3) is 0 Å². The maximum Gasteiger partial charge on any atom is 0.320 e. The summed E-state index contributed by atoms with van der Waals surface area (Å²) in [5.41, 5.74) is 1.76. The smallest absolute Gasteiger partial charge is 0.320 e. The number of benzene rings is 2. The van der Waals surface area contributed by atoms with Gasteiger partial charge in [-0.15, -0.1) is 11.8 Å². The molecule has 0 spiro atoms. The molecular weight excluding hydrogens is 426 g/mol. The second-order valence-corrected chi connectivity index (χ2v) is 8.91. The van der Waals surface area contributed by atoms with Crippen LogP contribution < -0.4 is 4.90 Å². The molecule has 0 atom stereocenters. The number of ether oxygens (including phenoxy) is 1. The van der Waals surface area contributed by atoms with Gasteiger partial charge in [0.05, 0.1) is 18.0 Å². The second kappa shape index (κ2) is 10.7. The highest BCUT2D eigenvalue weighted by molar-refractivity contribution is 8.00. The number of fused-ring (bicyclic) bond motifs is 1. The predicted molar refractivity (Wildman–Crippen MR) is 123 cm³/mol. The molecule has 1 fully saturated rings. The van der Waals surface area contributed by atoms with Gasteiger partial charge in [0, 0.05) is 31.1 Å². The van der Waals surface area contributed by atoms with Crippen molar-refractivity contribution < 1.29 is 19.1 Å². The molecule has 8 heteroatoms. The zero-order valence-electron chi connectivity index (χ0n) is 17.9. The molecule has 0 aromatic heterocycles. The minimum atomic E-state index is -0.262. The van der Waals surface area contributed by atoms with Crippen molar-refractivity contribution in [3.05, 3.63) is 60.2 Å². The molecule has 2 amide bonds. The van der Waals surface area contributed by atoms with Crippen LogP contribution >= 0.6 is 11.8 Å². The van der Waals surface area contributed by atoms with Gasteiger partial charge in [-0.1, -0.05) is 42.5 Å². The Kier molecular flexibility index (Phi) is 7.44. The van der Waals surface area contributed by atoms with Gasteiger partial charge in [0.25, 0.3) is 0 Å². The van der Waals surface area contributed by atoms with E-state index in [2.05, 4.69) is 0 Å². The summed E-state index contributed by atoms with van der Waals surface area (Å²) in [7, 11) is 0. The third-order valence-electron chi connectivity index (χ3n) is 5.64. The van der Waals surface area contributed by atoms with Gasteiger partial charge < -0.3 is 14.5 Å². The fourth-order valence-corrected chi connectivity index (χ4v) is 4.84. The van der Waals surface area contributed by atoms with Crippen molar-refractivity contribution in [1.82, 2.24) is 9.80 Å². The number of carbonyl (C=O) groups is 3. The van der Waals surface area contributed by atoms with Crippen LogP contribution in [0.3, 0.4) is 0 Å². The van der Waals surface area contributed by atoms with Crippen LogP contribution in [0.5, 0.6) is 0 Å². The number of thioether (sulfide) groups is 1. The molecule has 0 unspecified atom stereocenters. The lowest BCUT2D eigenvalue weighted by Crippen LogP contribution is -2.46. The van der Waals surface area contributed by atoms with Crippen LogP contribution in [0, 0.1) is 0 Å². The van der Waals surface area contributed by atoms with Gasteiger partial charge in [-0.25, -0.2) is 0 Å². The molecule has 0 aliphatic carbocycles. The number of hydrogen-bond donors (Lipinski definition) is 0. The van der Waals surface area contributed by atoms with Gasteiger partial charge in [0.2, 0.25) is 11.8 Å². The van der Waals surface area contributed by atoms with Crippen molar-refractivity contribution in [3.8, 4) is 0 Å². The summed E-state index contributed by atoms with van der Waals surface area (Å²) in [6.07, 6.45) is 0.776. The van der Waals surface area contributed by atoms with E-state index in [1.807, 2.05) is 59.5 Å². The van der Waals surface area contributed by atoms with Crippen LogP contribution in [0.2, 0.25) is 0 Å². The molecule has 2 aromatic rings. The van der Waals surface area contributed by atoms with Crippen LogP contribution in [-0.2, 0) is 25.7 Å². The summed E-state index contributed by atoms with van der Waals surface area (Å²) < 4.78 is 5.38. The lowest BCUT2D eigenvalue weighted by molar-refractivity contribution is -0.146. The fraction of sp³-hybridized carbons (Fsp3) is 0.375. The Bertz CT molecular complexity index is 969. The number of amides is 2. The van der Waals surface area contributed by atoms with Crippen LogP contribution in [0.1, 0.15) is 12.0 Å². The highest BCUT2D eigenvalue weighted by Gasteiger charge is 2.29. The molecule has 2 heterocycles. The topological polar surface area (TPSA) is 70.2 Å². The summed E-state index contributed by atoms with van der Waals surface area (Å²) in [5, 5.41) is 0. The van der Waals surface area contributed by atoms with Crippen molar-refractivity contribution >= 4 is 35.2 Å². The van der Waals surface area contributed by atoms with Crippen LogP contribution in [-0.4, -0.2) is 72.6 Å². The average molecular weight is 454 g/mol. The van der Waals surface area contributed by atoms with Crippen LogP contribution in [0.15, 0.2) is 59.5 Å². The van der Waals surface area contributed by atoms with Gasteiger partial charge in [-0.05, 0) is 24.1 Å². The highest BCUT2D eigenvalue weighted by atomic mass is 32.2. The van der Waals surface area contributed by atoms with Crippen molar-refractivity contribution in [3.63, 3.8) is 0 Å². The molecule has 2 aromatic carbocycles. The predicted octanol–water partition coefficient (Wildman–Crippen LogP) is 2.40. The summed E-state index contributed by atoms with van der Waals surface area (Å²) in [6.45, 7) is 3.01. The first-order valence-electron chi connectivity index (χ1n) is 10.8. The Balaban J connectivity index is 1.27. The molecule has 0 radical (unpaired) electrons. The molecule has 0 bridgehead atoms. The largest absolute Gasteiger partial charge is 0.460 e. The van der Waals surface area contributed by atoms with Gasteiger partial charge in [0.1, 0.15) is 13.2 Å². The molecule has 1 saturated heterocycles. The zero-order chi connectivity index (χ0) is 22.3. The first-order chi connectivity index (χ1) is 15.6. The summed E-state index contributed by atoms with van der Waals surface area (Å²) in [4.78, 5) is 44.1. The summed E-state index contributed by atoms with van der Waals surface area (Å²) in [5.74, 6) is -0.0155. The minimum absolute atomic E-state index is 0.0420. The van der Waals surface area contributed by atoms with Crippen molar-refractivity contribution in [2.75, 3.05) is 49.9 Å². The Labute approximate surface area is 192 Å². The molecule has 4 rings (SSSR count). The average Bonchev–Trinajstić information content (AvgIpc) is 3.06. The maximum absolute atomic E-state index is 13.0. The number of carbonyl (C=O) groups excluding carboxylic acids is 3. The van der Waals surface area contributed by atoms with Crippen LogP contribution in [0.4, 0.5) is 5.69 Å². The molecule has 32 heavy (non-hydrogen) atoms. The van der Waals surface area contributed by atoms with E-state index in [-0.39, 0.29) is 37.5 Å². The Morgan fingerprint density at radius 1 is 0.906 bits per heavy atom. The third-order valence-corrected chi connectivity index (χ3v) is 6.69. The van der Waals surface area contributed by atoms with Gasteiger partial charge in [-0.3, -0.25) is 19.3 Å². The van der Waals surface area contributed by atoms with Gasteiger partial charge in [0.15, 0.2) is 0 Å². The highest BCUT2D eigenvalue weighted by Crippen LogP contribution is 2.34. The summed E-state index contributed by atoms with van der Waals surface area (Å²) in [6, 6.07) is 17.3. The minimum Gasteiger partial charge on any atom is -0.460 e. The van der Waals surface area contributed by atoms with E-state index in [0.717, 1.165) is 29.1 Å². The van der Waals surface area contributed by atoms with E-state index >= 15 is 0 Å². The zero-order valence-corrected chi connectivity index (χ0v) is 18.8. The SMILES string of the molecule is O=C(CN1CCCN(C(=O)CN2C(=O)CSc3ccccc32)CC1)OCc1ccccc1. The number of nitrogens with zero attached hydrogens (tertiary/aromatic N) is 3. The lowest BCUT2D eigenvalue weighted by Gasteiger charge is -2.30. The number of anilines is 1. The second-order valence-electron chi connectivity index (χ2n) is 7.89. The molecule has 2 aliphatic rings. The molecule has 2 aliphatic heterocycles. The number of hydrogen-bond acceptors (Lipinski definition) is 6. The monoisotopic (exact) mass is 453 g/mol. The van der Waals surface area contributed by atoms with Gasteiger partial charge in [-0.2, -0.15) is 0 Å². The lowest BCUT2D eigenvalue weighted by atomic mass is 10.2. The quantitative estimate of drug-likeness (QED) is 0.626. The number of rotatable bonds is 6. The normalized spacial score (nSPS) is 16.9. The molecule has 0 N–H and O–H groups in total. The first kappa shape index (κ1) is 22.4. The first-order valence-corrected chi connectivity index (χ1v) is 11.8. The van der Waals surface area contributed by atoms with E-state index in [9.17, 15) is 14.4 Å². The molecule has 0 saturated carbocycles. The van der Waals surface area contributed by atoms with Gasteiger partial charge >= 0.3 is 5.97 Å². The third kappa shape index (κ3) is 5.69. The number of esters is 1. The molecule has 168 valence electrons. The fourth-order valence-electron chi connectivity index (χ4n) is 3.91. The number of para-hydroxylation sites is 1. The standard InChI is InChI=1S/C24H27N3O4S/c28-22(15-27-20-9-4-5-10-21(20)32-18-23(27)29)26-12-6-11-25(13-14-26)16-24(30)31-17-19-7-2-1-3-8-19/h1-5,7-10H,6,11-18H2. The van der Waals surface area contributed by atoms with Crippen molar-refractivity contribution in [2.45, 2.75) is 17.9 Å². The van der Waals surface area contributed by atoms with E-state index in [1.165, 1.54) is 11.8 Å². The Morgan fingerprint density at radius 3 is 2.53 bits per heavy atom. The molecular formula is C24H27N3O4S. The Hall–Kier alpha value is -2.84. The van der Waals surface area contributed by atoms with E-state index in [4.69, 9.17) is 4.74 Å².